The molecule has 3 heterocycles. The van der Waals surface area contributed by atoms with Crippen LogP contribution in [0.5, 0.6) is 0 Å². The van der Waals surface area contributed by atoms with Gasteiger partial charge in [-0.05, 0) is 36.9 Å². The first kappa shape index (κ1) is 16.4. The monoisotopic (exact) mass is 353 g/mol. The summed E-state index contributed by atoms with van der Waals surface area (Å²) in [5.74, 6) is 1.68. The van der Waals surface area contributed by atoms with Gasteiger partial charge in [-0.1, -0.05) is 18.2 Å². The third-order valence-electron chi connectivity index (χ3n) is 4.74. The van der Waals surface area contributed by atoms with Crippen molar-refractivity contribution in [2.24, 2.45) is 0 Å². The predicted molar refractivity (Wildman–Crippen MR) is 103 cm³/mol. The zero-order valence-corrected chi connectivity index (χ0v) is 15.3. The molecule has 0 spiro atoms. The van der Waals surface area contributed by atoms with Gasteiger partial charge in [0.2, 0.25) is 5.89 Å². The van der Waals surface area contributed by atoms with Gasteiger partial charge in [0.1, 0.15) is 5.76 Å². The van der Waals surface area contributed by atoms with E-state index in [1.165, 1.54) is 12.1 Å². The van der Waals surface area contributed by atoms with Crippen molar-refractivity contribution in [3.8, 4) is 11.5 Å². The van der Waals surface area contributed by atoms with Crippen molar-refractivity contribution in [2.75, 3.05) is 31.1 Å². The highest BCUT2D eigenvalue weighted by atomic mass is 32.1. The van der Waals surface area contributed by atoms with Gasteiger partial charge in [0, 0.05) is 49.4 Å². The van der Waals surface area contributed by atoms with Gasteiger partial charge in [0.25, 0.3) is 0 Å². The highest BCUT2D eigenvalue weighted by Gasteiger charge is 2.19. The fraction of sp³-hybridized carbons (Fsp3) is 0.350. The lowest BCUT2D eigenvalue weighted by atomic mass is 10.3. The predicted octanol–water partition coefficient (Wildman–Crippen LogP) is 4.42. The molecule has 0 bridgehead atoms. The second-order valence-electron chi connectivity index (χ2n) is 6.49. The third-order valence-corrected chi connectivity index (χ3v) is 5.43. The Morgan fingerprint density at radius 2 is 1.96 bits per heavy atom. The van der Waals surface area contributed by atoms with Crippen LogP contribution in [0.15, 0.2) is 51.6 Å². The number of oxazole rings is 1. The van der Waals surface area contributed by atoms with Crippen molar-refractivity contribution >= 4 is 17.0 Å². The van der Waals surface area contributed by atoms with E-state index in [2.05, 4.69) is 57.0 Å². The van der Waals surface area contributed by atoms with Crippen LogP contribution >= 0.6 is 11.3 Å². The van der Waals surface area contributed by atoms with Crippen LogP contribution in [-0.4, -0.2) is 36.1 Å². The Balaban J connectivity index is 1.42. The van der Waals surface area contributed by atoms with Crippen LogP contribution in [0.2, 0.25) is 0 Å². The standard InChI is InChI=1S/C20H23N3OS/c1-16-19(21-20(24-16)17-8-13-25-15-17)14-22-9-5-10-23(12-11-22)18-6-3-2-4-7-18/h2-4,6-8,13,15H,5,9-12,14H2,1H3. The minimum Gasteiger partial charge on any atom is -0.441 e. The average molecular weight is 353 g/mol. The molecule has 0 aliphatic carbocycles. The summed E-state index contributed by atoms with van der Waals surface area (Å²) in [6.07, 6.45) is 1.17. The van der Waals surface area contributed by atoms with E-state index in [0.29, 0.717) is 0 Å². The first-order chi connectivity index (χ1) is 12.3. The topological polar surface area (TPSA) is 32.5 Å². The molecule has 3 aromatic rings. The van der Waals surface area contributed by atoms with Crippen LogP contribution in [0.25, 0.3) is 11.5 Å². The zero-order valence-electron chi connectivity index (χ0n) is 14.5. The molecule has 1 aromatic carbocycles. The third kappa shape index (κ3) is 3.78. The van der Waals surface area contributed by atoms with Crippen LogP contribution in [-0.2, 0) is 6.54 Å². The first-order valence-electron chi connectivity index (χ1n) is 8.81. The summed E-state index contributed by atoms with van der Waals surface area (Å²) >= 11 is 1.67. The molecule has 0 N–H and O–H groups in total. The Bertz CT molecular complexity index is 798. The number of para-hydroxylation sites is 1. The summed E-state index contributed by atoms with van der Waals surface area (Å²) < 4.78 is 5.88. The largest absolute Gasteiger partial charge is 0.441 e. The Hall–Kier alpha value is -2.11. The lowest BCUT2D eigenvalue weighted by molar-refractivity contribution is 0.281. The average Bonchev–Trinajstić information content (AvgIpc) is 3.22. The number of aryl methyl sites for hydroxylation is 1. The lowest BCUT2D eigenvalue weighted by Crippen LogP contribution is -2.30. The van der Waals surface area contributed by atoms with E-state index < -0.39 is 0 Å². The van der Waals surface area contributed by atoms with E-state index in [0.717, 1.165) is 55.6 Å². The molecule has 0 radical (unpaired) electrons. The molecular formula is C20H23N3OS. The highest BCUT2D eigenvalue weighted by molar-refractivity contribution is 7.08. The molecule has 0 atom stereocenters. The van der Waals surface area contributed by atoms with Gasteiger partial charge < -0.3 is 9.32 Å². The zero-order chi connectivity index (χ0) is 17.1. The Morgan fingerprint density at radius 1 is 1.08 bits per heavy atom. The molecular weight excluding hydrogens is 330 g/mol. The van der Waals surface area contributed by atoms with E-state index in [4.69, 9.17) is 9.40 Å². The van der Waals surface area contributed by atoms with Crippen LogP contribution in [0, 0.1) is 6.92 Å². The Kier molecular flexibility index (Phi) is 4.85. The van der Waals surface area contributed by atoms with E-state index in [1.807, 2.05) is 6.92 Å². The SMILES string of the molecule is Cc1oc(-c2ccsc2)nc1CN1CCCN(c2ccccc2)CC1. The summed E-state index contributed by atoms with van der Waals surface area (Å²) in [4.78, 5) is 9.71. The molecule has 1 saturated heterocycles. The summed E-state index contributed by atoms with van der Waals surface area (Å²) in [5, 5.41) is 4.14. The summed E-state index contributed by atoms with van der Waals surface area (Å²) in [6, 6.07) is 12.8. The maximum atomic E-state index is 5.88. The second-order valence-corrected chi connectivity index (χ2v) is 7.27. The van der Waals surface area contributed by atoms with Crippen molar-refractivity contribution < 1.29 is 4.42 Å². The maximum Gasteiger partial charge on any atom is 0.227 e. The van der Waals surface area contributed by atoms with Crippen molar-refractivity contribution in [3.63, 3.8) is 0 Å². The van der Waals surface area contributed by atoms with E-state index in [1.54, 1.807) is 11.3 Å². The molecule has 130 valence electrons. The van der Waals surface area contributed by atoms with E-state index in [9.17, 15) is 0 Å². The van der Waals surface area contributed by atoms with Gasteiger partial charge in [-0.3, -0.25) is 4.90 Å². The summed E-state index contributed by atoms with van der Waals surface area (Å²) in [7, 11) is 0. The van der Waals surface area contributed by atoms with Gasteiger partial charge in [-0.15, -0.1) is 0 Å². The molecule has 0 saturated carbocycles. The molecule has 4 nitrogen and oxygen atoms in total. The van der Waals surface area contributed by atoms with Gasteiger partial charge in [0.15, 0.2) is 0 Å². The number of rotatable bonds is 4. The number of hydrogen-bond donors (Lipinski definition) is 0. The summed E-state index contributed by atoms with van der Waals surface area (Å²) in [6.45, 7) is 7.20. The van der Waals surface area contributed by atoms with Gasteiger partial charge in [-0.2, -0.15) is 11.3 Å². The Labute approximate surface area is 152 Å². The van der Waals surface area contributed by atoms with Gasteiger partial charge in [0.05, 0.1) is 5.69 Å². The van der Waals surface area contributed by atoms with Crippen LogP contribution in [0.1, 0.15) is 17.9 Å². The van der Waals surface area contributed by atoms with E-state index >= 15 is 0 Å². The molecule has 5 heteroatoms. The van der Waals surface area contributed by atoms with Crippen molar-refractivity contribution in [1.82, 2.24) is 9.88 Å². The van der Waals surface area contributed by atoms with Crippen LogP contribution < -0.4 is 4.90 Å². The molecule has 1 fully saturated rings. The second kappa shape index (κ2) is 7.42. The quantitative estimate of drug-likeness (QED) is 0.695. The van der Waals surface area contributed by atoms with Gasteiger partial charge >= 0.3 is 0 Å². The summed E-state index contributed by atoms with van der Waals surface area (Å²) in [5.41, 5.74) is 3.46. The highest BCUT2D eigenvalue weighted by Crippen LogP contribution is 2.25. The number of aromatic nitrogens is 1. The number of benzene rings is 1. The lowest BCUT2D eigenvalue weighted by Gasteiger charge is -2.23. The van der Waals surface area contributed by atoms with Crippen molar-refractivity contribution in [2.45, 2.75) is 19.9 Å². The van der Waals surface area contributed by atoms with Crippen molar-refractivity contribution in [1.29, 1.82) is 0 Å². The number of nitrogens with zero attached hydrogens (tertiary/aromatic N) is 3. The molecule has 0 amide bonds. The molecule has 25 heavy (non-hydrogen) atoms. The fourth-order valence-electron chi connectivity index (χ4n) is 3.32. The minimum atomic E-state index is 0.745. The number of thiophene rings is 1. The minimum absolute atomic E-state index is 0.745. The molecule has 1 aliphatic rings. The molecule has 1 aliphatic heterocycles. The first-order valence-corrected chi connectivity index (χ1v) is 9.75. The number of anilines is 1. The molecule has 4 rings (SSSR count). The fourth-order valence-corrected chi connectivity index (χ4v) is 3.95. The number of hydrogen-bond acceptors (Lipinski definition) is 5. The van der Waals surface area contributed by atoms with Gasteiger partial charge in [-0.25, -0.2) is 4.98 Å². The Morgan fingerprint density at radius 3 is 2.76 bits per heavy atom. The normalized spacial score (nSPS) is 16.1. The molecule has 2 aromatic heterocycles. The molecule has 0 unspecified atom stereocenters. The van der Waals surface area contributed by atoms with Crippen LogP contribution in [0.3, 0.4) is 0 Å². The van der Waals surface area contributed by atoms with Crippen molar-refractivity contribution in [3.05, 3.63) is 58.6 Å². The smallest absolute Gasteiger partial charge is 0.227 e. The maximum absolute atomic E-state index is 5.88. The van der Waals surface area contributed by atoms with E-state index in [-0.39, 0.29) is 0 Å². The van der Waals surface area contributed by atoms with Crippen LogP contribution in [0.4, 0.5) is 5.69 Å².